The van der Waals surface area contributed by atoms with Crippen molar-refractivity contribution >= 4 is 11.6 Å². The average Bonchev–Trinajstić information content (AvgIpc) is 2.58. The summed E-state index contributed by atoms with van der Waals surface area (Å²) in [5.74, 6) is 0.661. The summed E-state index contributed by atoms with van der Waals surface area (Å²) >= 11 is 0. The van der Waals surface area contributed by atoms with Crippen molar-refractivity contribution in [2.75, 3.05) is 0 Å². The quantitative estimate of drug-likeness (QED) is 0.744. The van der Waals surface area contributed by atoms with Crippen molar-refractivity contribution in [2.24, 2.45) is 0 Å². The standard InChI is InChI=1S/C9H10N4O/c1-7(14)10-6-9-12-11-8-4-2-3-5-13(8)9/h2-5H,6H2,1H3,(H,10,14). The zero-order valence-corrected chi connectivity index (χ0v) is 7.77. The lowest BCUT2D eigenvalue weighted by Crippen LogP contribution is -2.20. The predicted molar refractivity (Wildman–Crippen MR) is 50.5 cm³/mol. The Morgan fingerprint density at radius 3 is 3.14 bits per heavy atom. The van der Waals surface area contributed by atoms with Crippen molar-refractivity contribution in [1.29, 1.82) is 0 Å². The second-order valence-electron chi connectivity index (χ2n) is 2.95. The molecule has 0 fully saturated rings. The summed E-state index contributed by atoms with van der Waals surface area (Å²) in [5.41, 5.74) is 0.785. The maximum absolute atomic E-state index is 10.7. The van der Waals surface area contributed by atoms with Gasteiger partial charge in [-0.05, 0) is 12.1 Å². The zero-order valence-electron chi connectivity index (χ0n) is 7.77. The van der Waals surface area contributed by atoms with Crippen molar-refractivity contribution in [3.8, 4) is 0 Å². The fraction of sp³-hybridized carbons (Fsp3) is 0.222. The number of nitrogens with zero attached hydrogens (tertiary/aromatic N) is 3. The van der Waals surface area contributed by atoms with Gasteiger partial charge in [0.15, 0.2) is 11.5 Å². The third-order valence-electron chi connectivity index (χ3n) is 1.88. The van der Waals surface area contributed by atoms with Gasteiger partial charge in [-0.25, -0.2) is 0 Å². The molecule has 0 saturated carbocycles. The molecule has 0 radical (unpaired) electrons. The summed E-state index contributed by atoms with van der Waals surface area (Å²) in [6, 6.07) is 5.66. The molecule has 1 N–H and O–H groups in total. The normalized spacial score (nSPS) is 10.4. The van der Waals surface area contributed by atoms with Gasteiger partial charge in [-0.1, -0.05) is 6.07 Å². The van der Waals surface area contributed by atoms with Crippen molar-refractivity contribution in [1.82, 2.24) is 19.9 Å². The summed E-state index contributed by atoms with van der Waals surface area (Å²) in [4.78, 5) is 10.7. The van der Waals surface area contributed by atoms with E-state index in [-0.39, 0.29) is 5.91 Å². The van der Waals surface area contributed by atoms with Gasteiger partial charge in [-0.2, -0.15) is 0 Å². The number of hydrogen-bond donors (Lipinski definition) is 1. The molecule has 2 aromatic rings. The van der Waals surface area contributed by atoms with E-state index in [9.17, 15) is 4.79 Å². The van der Waals surface area contributed by atoms with Gasteiger partial charge < -0.3 is 5.32 Å². The van der Waals surface area contributed by atoms with Crippen molar-refractivity contribution in [2.45, 2.75) is 13.5 Å². The first kappa shape index (κ1) is 8.68. The smallest absolute Gasteiger partial charge is 0.217 e. The van der Waals surface area contributed by atoms with E-state index in [0.29, 0.717) is 6.54 Å². The summed E-state index contributed by atoms with van der Waals surface area (Å²) in [7, 11) is 0. The molecule has 2 rings (SSSR count). The maximum Gasteiger partial charge on any atom is 0.217 e. The first-order valence-electron chi connectivity index (χ1n) is 4.30. The maximum atomic E-state index is 10.7. The largest absolute Gasteiger partial charge is 0.349 e. The lowest BCUT2D eigenvalue weighted by atomic mass is 10.4. The third kappa shape index (κ3) is 1.56. The molecule has 0 aliphatic rings. The number of amides is 1. The highest BCUT2D eigenvalue weighted by Crippen LogP contribution is 2.01. The third-order valence-corrected chi connectivity index (χ3v) is 1.88. The molecular formula is C9H10N4O. The van der Waals surface area contributed by atoms with Gasteiger partial charge >= 0.3 is 0 Å². The molecule has 0 spiro atoms. The van der Waals surface area contributed by atoms with E-state index in [1.165, 1.54) is 6.92 Å². The van der Waals surface area contributed by atoms with E-state index >= 15 is 0 Å². The van der Waals surface area contributed by atoms with E-state index in [4.69, 9.17) is 0 Å². The average molecular weight is 190 g/mol. The summed E-state index contributed by atoms with van der Waals surface area (Å²) in [6.07, 6.45) is 1.87. The van der Waals surface area contributed by atoms with Crippen LogP contribution in [0.4, 0.5) is 0 Å². The molecule has 0 atom stereocenters. The molecule has 72 valence electrons. The number of hydrogen-bond acceptors (Lipinski definition) is 3. The lowest BCUT2D eigenvalue weighted by molar-refractivity contribution is -0.119. The van der Waals surface area contributed by atoms with Gasteiger partial charge in [-0.15, -0.1) is 10.2 Å². The number of pyridine rings is 1. The number of fused-ring (bicyclic) bond motifs is 1. The predicted octanol–water partition coefficient (Wildman–Crippen LogP) is 0.365. The van der Waals surface area contributed by atoms with Crippen LogP contribution in [0.5, 0.6) is 0 Å². The Labute approximate surface area is 80.8 Å². The second kappa shape index (κ2) is 3.45. The van der Waals surface area contributed by atoms with Gasteiger partial charge in [-0.3, -0.25) is 9.20 Å². The van der Waals surface area contributed by atoms with Crippen LogP contribution in [0.2, 0.25) is 0 Å². The van der Waals surface area contributed by atoms with Gasteiger partial charge in [0.25, 0.3) is 0 Å². The summed E-state index contributed by atoms with van der Waals surface area (Å²) in [5, 5.41) is 10.6. The first-order valence-corrected chi connectivity index (χ1v) is 4.30. The monoisotopic (exact) mass is 190 g/mol. The fourth-order valence-corrected chi connectivity index (χ4v) is 1.22. The zero-order chi connectivity index (χ0) is 9.97. The minimum absolute atomic E-state index is 0.0716. The Morgan fingerprint density at radius 2 is 2.36 bits per heavy atom. The minimum atomic E-state index is -0.0716. The molecular weight excluding hydrogens is 180 g/mol. The van der Waals surface area contributed by atoms with Gasteiger partial charge in [0.1, 0.15) is 0 Å². The van der Waals surface area contributed by atoms with E-state index in [1.54, 1.807) is 0 Å². The number of nitrogens with one attached hydrogen (secondary N) is 1. The highest BCUT2D eigenvalue weighted by molar-refractivity contribution is 5.72. The van der Waals surface area contributed by atoms with Crippen LogP contribution in [0, 0.1) is 0 Å². The highest BCUT2D eigenvalue weighted by Gasteiger charge is 2.03. The Bertz CT molecular complexity index is 463. The number of carbonyl (C=O) groups is 1. The molecule has 0 aliphatic carbocycles. The topological polar surface area (TPSA) is 59.3 Å². The van der Waals surface area contributed by atoms with Crippen LogP contribution in [-0.4, -0.2) is 20.5 Å². The molecule has 0 bridgehead atoms. The fourth-order valence-electron chi connectivity index (χ4n) is 1.22. The van der Waals surface area contributed by atoms with E-state index < -0.39 is 0 Å². The van der Waals surface area contributed by atoms with Crippen LogP contribution in [-0.2, 0) is 11.3 Å². The number of aromatic nitrogens is 3. The second-order valence-corrected chi connectivity index (χ2v) is 2.95. The Morgan fingerprint density at radius 1 is 1.50 bits per heavy atom. The molecule has 5 nitrogen and oxygen atoms in total. The van der Waals surface area contributed by atoms with Crippen molar-refractivity contribution in [3.63, 3.8) is 0 Å². The van der Waals surface area contributed by atoms with Crippen LogP contribution in [0.1, 0.15) is 12.7 Å². The Balaban J connectivity index is 2.29. The molecule has 2 aromatic heterocycles. The SMILES string of the molecule is CC(=O)NCc1nnc2ccccn12. The van der Waals surface area contributed by atoms with Crippen LogP contribution in [0.25, 0.3) is 5.65 Å². The van der Waals surface area contributed by atoms with Crippen molar-refractivity contribution < 1.29 is 4.79 Å². The van der Waals surface area contributed by atoms with E-state index in [1.807, 2.05) is 28.8 Å². The molecule has 2 heterocycles. The molecule has 0 aromatic carbocycles. The number of carbonyl (C=O) groups excluding carboxylic acids is 1. The molecule has 5 heteroatoms. The Hall–Kier alpha value is -1.91. The highest BCUT2D eigenvalue weighted by atomic mass is 16.1. The van der Waals surface area contributed by atoms with Crippen molar-refractivity contribution in [3.05, 3.63) is 30.2 Å². The summed E-state index contributed by atoms with van der Waals surface area (Å²) < 4.78 is 1.84. The molecule has 14 heavy (non-hydrogen) atoms. The molecule has 1 amide bonds. The lowest BCUT2D eigenvalue weighted by Gasteiger charge is -1.99. The van der Waals surface area contributed by atoms with E-state index in [0.717, 1.165) is 11.5 Å². The molecule has 0 saturated heterocycles. The van der Waals surface area contributed by atoms with Gasteiger partial charge in [0.2, 0.25) is 5.91 Å². The van der Waals surface area contributed by atoms with Crippen LogP contribution >= 0.6 is 0 Å². The Kier molecular flexibility index (Phi) is 2.14. The van der Waals surface area contributed by atoms with Crippen LogP contribution in [0.15, 0.2) is 24.4 Å². The van der Waals surface area contributed by atoms with Gasteiger partial charge in [0.05, 0.1) is 6.54 Å². The van der Waals surface area contributed by atoms with Gasteiger partial charge in [0, 0.05) is 13.1 Å². The van der Waals surface area contributed by atoms with Crippen LogP contribution < -0.4 is 5.32 Å². The number of rotatable bonds is 2. The van der Waals surface area contributed by atoms with E-state index in [2.05, 4.69) is 15.5 Å². The minimum Gasteiger partial charge on any atom is -0.349 e. The molecule has 0 unspecified atom stereocenters. The molecule has 0 aliphatic heterocycles. The first-order chi connectivity index (χ1) is 6.77. The van der Waals surface area contributed by atoms with Crippen LogP contribution in [0.3, 0.4) is 0 Å². The summed E-state index contributed by atoms with van der Waals surface area (Å²) in [6.45, 7) is 1.88.